The van der Waals surface area contributed by atoms with Crippen LogP contribution < -0.4 is 0 Å². The minimum atomic E-state index is -0.678. The number of aliphatic imine (C=N–C) groups is 1. The maximum absolute atomic E-state index is 13.4. The molecule has 1 aromatic carbocycles. The molecule has 1 aromatic heterocycles. The van der Waals surface area contributed by atoms with Gasteiger partial charge in [0.25, 0.3) is 0 Å². The molecule has 3 atom stereocenters. The number of esters is 1. The van der Waals surface area contributed by atoms with E-state index < -0.39 is 17.8 Å². The lowest BCUT2D eigenvalue weighted by atomic mass is 9.70. The van der Waals surface area contributed by atoms with Crippen molar-refractivity contribution in [1.82, 2.24) is 4.98 Å². The van der Waals surface area contributed by atoms with Crippen molar-refractivity contribution in [2.75, 3.05) is 20.3 Å². The van der Waals surface area contributed by atoms with Gasteiger partial charge in [-0.05, 0) is 37.0 Å². The van der Waals surface area contributed by atoms with Crippen molar-refractivity contribution in [2.45, 2.75) is 31.6 Å². The Labute approximate surface area is 182 Å². The Kier molecular flexibility index (Phi) is 6.37. The van der Waals surface area contributed by atoms with Crippen molar-refractivity contribution in [2.24, 2.45) is 10.9 Å². The predicted octanol–water partition coefficient (Wildman–Crippen LogP) is 3.85. The van der Waals surface area contributed by atoms with Crippen LogP contribution in [0.15, 0.2) is 71.0 Å². The number of nitrogens with zero attached hydrogens (tertiary/aromatic N) is 2. The van der Waals surface area contributed by atoms with Crippen LogP contribution in [0.25, 0.3) is 0 Å². The van der Waals surface area contributed by atoms with Gasteiger partial charge in [0.05, 0.1) is 12.5 Å². The molecule has 6 nitrogen and oxygen atoms in total. The van der Waals surface area contributed by atoms with Crippen LogP contribution >= 0.6 is 0 Å². The van der Waals surface area contributed by atoms with Crippen LogP contribution in [0.4, 0.5) is 0 Å². The Bertz CT molecular complexity index is 1010. The van der Waals surface area contributed by atoms with Gasteiger partial charge < -0.3 is 9.47 Å². The van der Waals surface area contributed by atoms with E-state index in [0.29, 0.717) is 36.4 Å². The van der Waals surface area contributed by atoms with Gasteiger partial charge in [0.2, 0.25) is 0 Å². The number of Topliss-reactive ketones (excluding diaryl/α,β-unsaturated/α-hetero) is 1. The number of aromatic nitrogens is 1. The Morgan fingerprint density at radius 3 is 2.55 bits per heavy atom. The third-order valence-corrected chi connectivity index (χ3v) is 5.95. The Hall–Kier alpha value is -3.12. The number of benzene rings is 1. The molecule has 0 saturated heterocycles. The van der Waals surface area contributed by atoms with Gasteiger partial charge in [0.15, 0.2) is 5.78 Å². The lowest BCUT2D eigenvalue weighted by molar-refractivity contribution is -0.147. The minimum absolute atomic E-state index is 0.0247. The SMILES string of the molecule is COCCOC(=O)C1C(C)=NC2=C(C(=O)C[C@@H](c3ccccc3)C2)[C@@H]1c1ccccn1. The van der Waals surface area contributed by atoms with Crippen molar-refractivity contribution in [3.05, 3.63) is 77.3 Å². The second kappa shape index (κ2) is 9.35. The van der Waals surface area contributed by atoms with Crippen LogP contribution in [0, 0.1) is 5.92 Å². The van der Waals surface area contributed by atoms with Crippen molar-refractivity contribution in [3.8, 4) is 0 Å². The number of ketones is 1. The fraction of sp³-hybridized carbons (Fsp3) is 0.360. The van der Waals surface area contributed by atoms with E-state index in [-0.39, 0.29) is 18.3 Å². The van der Waals surface area contributed by atoms with Gasteiger partial charge in [-0.15, -0.1) is 0 Å². The normalized spacial score (nSPS) is 23.2. The van der Waals surface area contributed by atoms with Crippen LogP contribution in [0.2, 0.25) is 0 Å². The molecule has 0 saturated carbocycles. The highest BCUT2D eigenvalue weighted by Gasteiger charge is 2.45. The monoisotopic (exact) mass is 418 g/mol. The molecule has 1 aliphatic carbocycles. The average molecular weight is 418 g/mol. The molecule has 160 valence electrons. The lowest BCUT2D eigenvalue weighted by Gasteiger charge is -2.36. The van der Waals surface area contributed by atoms with Crippen LogP contribution in [0.1, 0.15) is 42.9 Å². The van der Waals surface area contributed by atoms with E-state index >= 15 is 0 Å². The average Bonchev–Trinajstić information content (AvgIpc) is 2.79. The zero-order valence-electron chi connectivity index (χ0n) is 17.8. The van der Waals surface area contributed by atoms with Crippen molar-refractivity contribution < 1.29 is 19.1 Å². The number of hydrogen-bond acceptors (Lipinski definition) is 6. The molecule has 0 radical (unpaired) electrons. The summed E-state index contributed by atoms with van der Waals surface area (Å²) < 4.78 is 10.4. The number of rotatable bonds is 6. The van der Waals surface area contributed by atoms with Gasteiger partial charge in [-0.3, -0.25) is 19.6 Å². The number of carbonyl (C=O) groups is 2. The van der Waals surface area contributed by atoms with E-state index in [4.69, 9.17) is 14.5 Å². The Balaban J connectivity index is 1.73. The van der Waals surface area contributed by atoms with E-state index in [1.807, 2.05) is 43.3 Å². The third-order valence-electron chi connectivity index (χ3n) is 5.95. The number of methoxy groups -OCH3 is 1. The van der Waals surface area contributed by atoms with Gasteiger partial charge in [0.1, 0.15) is 12.5 Å². The van der Waals surface area contributed by atoms with Crippen molar-refractivity contribution in [3.63, 3.8) is 0 Å². The molecule has 1 aliphatic heterocycles. The molecule has 6 heteroatoms. The molecule has 0 spiro atoms. The quantitative estimate of drug-likeness (QED) is 0.526. The van der Waals surface area contributed by atoms with Crippen LogP contribution in [-0.2, 0) is 19.1 Å². The van der Waals surface area contributed by atoms with Gasteiger partial charge in [-0.1, -0.05) is 36.4 Å². The van der Waals surface area contributed by atoms with Gasteiger partial charge >= 0.3 is 5.97 Å². The molecule has 4 rings (SSSR count). The number of ether oxygens (including phenoxy) is 2. The minimum Gasteiger partial charge on any atom is -0.463 e. The zero-order chi connectivity index (χ0) is 21.8. The highest BCUT2D eigenvalue weighted by Crippen LogP contribution is 2.46. The summed E-state index contributed by atoms with van der Waals surface area (Å²) in [6, 6.07) is 15.6. The highest BCUT2D eigenvalue weighted by atomic mass is 16.6. The largest absolute Gasteiger partial charge is 0.463 e. The summed E-state index contributed by atoms with van der Waals surface area (Å²) in [5, 5.41) is 0. The maximum atomic E-state index is 13.4. The number of hydrogen-bond donors (Lipinski definition) is 0. The molecule has 31 heavy (non-hydrogen) atoms. The number of carbonyl (C=O) groups excluding carboxylic acids is 2. The number of pyridine rings is 1. The summed E-state index contributed by atoms with van der Waals surface area (Å²) in [5.41, 5.74) is 3.83. The smallest absolute Gasteiger partial charge is 0.315 e. The first-order chi connectivity index (χ1) is 15.1. The predicted molar refractivity (Wildman–Crippen MR) is 117 cm³/mol. The topological polar surface area (TPSA) is 77.9 Å². The maximum Gasteiger partial charge on any atom is 0.315 e. The Morgan fingerprint density at radius 1 is 1.06 bits per heavy atom. The molecule has 0 fully saturated rings. The molecular weight excluding hydrogens is 392 g/mol. The second-order valence-corrected chi connectivity index (χ2v) is 7.92. The summed E-state index contributed by atoms with van der Waals surface area (Å²) in [4.78, 5) is 35.7. The summed E-state index contributed by atoms with van der Waals surface area (Å²) in [5.74, 6) is -1.47. The standard InChI is InChI=1S/C25H26N2O4/c1-16-22(25(29)31-13-12-30-2)24(19-10-6-7-11-26-19)23-20(27-16)14-18(15-21(23)28)17-8-4-3-5-9-17/h3-11,18,22,24H,12-15H2,1-2H3/t18-,22?,24+/m0/s1. The van der Waals surface area contributed by atoms with Gasteiger partial charge in [-0.25, -0.2) is 0 Å². The molecule has 2 aliphatic rings. The first kappa shape index (κ1) is 21.1. The van der Waals surface area contributed by atoms with E-state index in [0.717, 1.165) is 11.3 Å². The molecular formula is C25H26N2O4. The Morgan fingerprint density at radius 2 is 1.84 bits per heavy atom. The van der Waals surface area contributed by atoms with Crippen molar-refractivity contribution in [1.29, 1.82) is 0 Å². The third kappa shape index (κ3) is 4.35. The zero-order valence-corrected chi connectivity index (χ0v) is 17.8. The fourth-order valence-electron chi connectivity index (χ4n) is 4.52. The lowest BCUT2D eigenvalue weighted by Crippen LogP contribution is -2.38. The number of allylic oxidation sites excluding steroid dienone is 2. The highest BCUT2D eigenvalue weighted by molar-refractivity contribution is 6.09. The van der Waals surface area contributed by atoms with Crippen molar-refractivity contribution >= 4 is 17.5 Å². The molecule has 0 amide bonds. The molecule has 1 unspecified atom stereocenters. The first-order valence-electron chi connectivity index (χ1n) is 10.5. The van der Waals surface area contributed by atoms with Crippen LogP contribution in [0.3, 0.4) is 0 Å². The van der Waals surface area contributed by atoms with Gasteiger partial charge in [-0.2, -0.15) is 0 Å². The molecule has 2 heterocycles. The summed E-state index contributed by atoms with van der Waals surface area (Å²) in [6.45, 7) is 2.30. The van der Waals surface area contributed by atoms with E-state index in [9.17, 15) is 9.59 Å². The fourth-order valence-corrected chi connectivity index (χ4v) is 4.52. The summed E-state index contributed by atoms with van der Waals surface area (Å²) in [7, 11) is 1.55. The van der Waals surface area contributed by atoms with E-state index in [1.54, 1.807) is 13.3 Å². The second-order valence-electron chi connectivity index (χ2n) is 7.92. The summed E-state index contributed by atoms with van der Waals surface area (Å²) in [6.07, 6.45) is 2.74. The van der Waals surface area contributed by atoms with Crippen LogP contribution in [0.5, 0.6) is 0 Å². The van der Waals surface area contributed by atoms with Gasteiger partial charge in [0, 0.05) is 42.4 Å². The molecule has 2 aromatic rings. The van der Waals surface area contributed by atoms with Crippen LogP contribution in [-0.4, -0.2) is 42.8 Å². The first-order valence-corrected chi connectivity index (χ1v) is 10.5. The van der Waals surface area contributed by atoms with E-state index in [1.165, 1.54) is 0 Å². The molecule has 0 N–H and O–H groups in total. The summed E-state index contributed by atoms with van der Waals surface area (Å²) >= 11 is 0. The van der Waals surface area contributed by atoms with E-state index in [2.05, 4.69) is 17.1 Å². The molecule has 0 bridgehead atoms.